The first-order valence-electron chi connectivity index (χ1n) is 10.5. The van der Waals surface area contributed by atoms with Gasteiger partial charge in [0.05, 0.1) is 25.0 Å². The summed E-state index contributed by atoms with van der Waals surface area (Å²) in [4.78, 5) is 24.1. The molecule has 1 rings (SSSR count). The number of ether oxygens (including phenoxy) is 2. The molecule has 1 saturated carbocycles. The molecule has 146 valence electrons. The lowest BCUT2D eigenvalue weighted by Gasteiger charge is -2.26. The van der Waals surface area contributed by atoms with Gasteiger partial charge in [-0.25, -0.2) is 0 Å². The van der Waals surface area contributed by atoms with E-state index in [9.17, 15) is 9.59 Å². The molecule has 4 nitrogen and oxygen atoms in total. The number of carbonyl (C=O) groups is 2. The predicted molar refractivity (Wildman–Crippen MR) is 100 cm³/mol. The largest absolute Gasteiger partial charge is 0.465 e. The van der Waals surface area contributed by atoms with E-state index in [-0.39, 0.29) is 23.8 Å². The highest BCUT2D eigenvalue weighted by molar-refractivity contribution is 5.75. The van der Waals surface area contributed by atoms with E-state index in [4.69, 9.17) is 9.47 Å². The molecule has 0 radical (unpaired) electrons. The van der Waals surface area contributed by atoms with Crippen molar-refractivity contribution >= 4 is 11.9 Å². The Balaban J connectivity index is 2.06. The molecular weight excluding hydrogens is 316 g/mol. The number of unbranched alkanes of at least 4 members (excludes halogenated alkanes) is 7. The molecule has 1 aliphatic rings. The van der Waals surface area contributed by atoms with Crippen LogP contribution in [0.5, 0.6) is 0 Å². The average Bonchev–Trinajstić information content (AvgIpc) is 2.64. The smallest absolute Gasteiger partial charge is 0.308 e. The van der Waals surface area contributed by atoms with Crippen molar-refractivity contribution in [3.63, 3.8) is 0 Å². The van der Waals surface area contributed by atoms with Gasteiger partial charge in [-0.2, -0.15) is 0 Å². The fourth-order valence-electron chi connectivity index (χ4n) is 3.35. The summed E-state index contributed by atoms with van der Waals surface area (Å²) in [6.45, 7) is 5.38. The molecule has 1 fully saturated rings. The first-order chi connectivity index (χ1) is 12.2. The summed E-state index contributed by atoms with van der Waals surface area (Å²) < 4.78 is 10.7. The molecule has 4 heteroatoms. The van der Waals surface area contributed by atoms with Gasteiger partial charge in [-0.15, -0.1) is 0 Å². The van der Waals surface area contributed by atoms with E-state index in [1.54, 1.807) is 0 Å². The summed E-state index contributed by atoms with van der Waals surface area (Å²) >= 11 is 0. The van der Waals surface area contributed by atoms with E-state index >= 15 is 0 Å². The monoisotopic (exact) mass is 354 g/mol. The summed E-state index contributed by atoms with van der Waals surface area (Å²) in [5.41, 5.74) is 0. The number of esters is 2. The minimum atomic E-state index is -0.0802. The van der Waals surface area contributed by atoms with E-state index in [0.29, 0.717) is 13.2 Å². The molecule has 0 atom stereocenters. The van der Waals surface area contributed by atoms with Gasteiger partial charge < -0.3 is 9.47 Å². The van der Waals surface area contributed by atoms with Crippen molar-refractivity contribution in [3.05, 3.63) is 0 Å². The zero-order valence-corrected chi connectivity index (χ0v) is 16.4. The minimum absolute atomic E-state index is 0.0238. The Morgan fingerprint density at radius 1 is 0.640 bits per heavy atom. The van der Waals surface area contributed by atoms with Crippen molar-refractivity contribution in [2.75, 3.05) is 13.2 Å². The standard InChI is InChI=1S/C21H38O4/c1-3-5-7-8-9-10-11-17-25-21(23)19-14-12-18(13-15-19)20(22)24-16-6-4-2/h18-19H,3-17H2,1-2H3. The summed E-state index contributed by atoms with van der Waals surface area (Å²) in [5.74, 6) is -0.194. The Kier molecular flexibility index (Phi) is 12.4. The van der Waals surface area contributed by atoms with E-state index in [2.05, 4.69) is 13.8 Å². The number of hydrogen-bond donors (Lipinski definition) is 0. The molecule has 0 heterocycles. The zero-order chi connectivity index (χ0) is 18.3. The maximum atomic E-state index is 12.1. The fourth-order valence-corrected chi connectivity index (χ4v) is 3.35. The molecule has 0 aromatic rings. The summed E-state index contributed by atoms with van der Waals surface area (Å²) in [6.07, 6.45) is 13.5. The van der Waals surface area contributed by atoms with Crippen LogP contribution in [-0.2, 0) is 19.1 Å². The van der Waals surface area contributed by atoms with E-state index in [1.165, 1.54) is 32.1 Å². The first kappa shape index (κ1) is 22.0. The molecule has 0 aromatic heterocycles. The third-order valence-corrected chi connectivity index (χ3v) is 5.13. The predicted octanol–water partition coefficient (Wildman–Crippen LogP) is 5.43. The Morgan fingerprint density at radius 3 is 1.52 bits per heavy atom. The summed E-state index contributed by atoms with van der Waals surface area (Å²) in [5, 5.41) is 0. The maximum Gasteiger partial charge on any atom is 0.308 e. The van der Waals surface area contributed by atoms with Gasteiger partial charge in [-0.1, -0.05) is 58.8 Å². The molecular formula is C21H38O4. The molecule has 1 aliphatic carbocycles. The Labute approximate surface area is 154 Å². The van der Waals surface area contributed by atoms with E-state index in [0.717, 1.165) is 51.4 Å². The van der Waals surface area contributed by atoms with Crippen LogP contribution in [0.3, 0.4) is 0 Å². The third-order valence-electron chi connectivity index (χ3n) is 5.13. The second-order valence-corrected chi connectivity index (χ2v) is 7.36. The second kappa shape index (κ2) is 14.1. The first-order valence-corrected chi connectivity index (χ1v) is 10.5. The van der Waals surface area contributed by atoms with Crippen molar-refractivity contribution in [1.82, 2.24) is 0 Å². The van der Waals surface area contributed by atoms with Gasteiger partial charge in [-0.05, 0) is 38.5 Å². The van der Waals surface area contributed by atoms with Gasteiger partial charge in [0.25, 0.3) is 0 Å². The van der Waals surface area contributed by atoms with Crippen molar-refractivity contribution in [2.24, 2.45) is 11.8 Å². The van der Waals surface area contributed by atoms with Crippen LogP contribution in [0.25, 0.3) is 0 Å². The molecule has 0 aliphatic heterocycles. The van der Waals surface area contributed by atoms with Gasteiger partial charge in [0.1, 0.15) is 0 Å². The van der Waals surface area contributed by atoms with E-state index < -0.39 is 0 Å². The molecule has 0 spiro atoms. The topological polar surface area (TPSA) is 52.6 Å². The molecule has 0 amide bonds. The van der Waals surface area contributed by atoms with Crippen LogP contribution in [-0.4, -0.2) is 25.2 Å². The Morgan fingerprint density at radius 2 is 1.04 bits per heavy atom. The van der Waals surface area contributed by atoms with Crippen LogP contribution in [0.2, 0.25) is 0 Å². The Hall–Kier alpha value is -1.06. The van der Waals surface area contributed by atoms with Crippen molar-refractivity contribution < 1.29 is 19.1 Å². The number of hydrogen-bond acceptors (Lipinski definition) is 4. The fraction of sp³-hybridized carbons (Fsp3) is 0.905. The zero-order valence-electron chi connectivity index (χ0n) is 16.4. The number of carbonyl (C=O) groups excluding carboxylic acids is 2. The van der Waals surface area contributed by atoms with Crippen LogP contribution >= 0.6 is 0 Å². The molecule has 0 unspecified atom stereocenters. The third kappa shape index (κ3) is 9.86. The van der Waals surface area contributed by atoms with Crippen LogP contribution in [0, 0.1) is 11.8 Å². The lowest BCUT2D eigenvalue weighted by atomic mass is 9.82. The van der Waals surface area contributed by atoms with Crippen molar-refractivity contribution in [2.45, 2.75) is 97.3 Å². The molecule has 0 N–H and O–H groups in total. The van der Waals surface area contributed by atoms with Crippen LogP contribution < -0.4 is 0 Å². The summed E-state index contributed by atoms with van der Waals surface area (Å²) in [7, 11) is 0. The molecule has 0 aromatic carbocycles. The van der Waals surface area contributed by atoms with Gasteiger partial charge in [0.15, 0.2) is 0 Å². The van der Waals surface area contributed by atoms with Crippen LogP contribution in [0.1, 0.15) is 97.3 Å². The molecule has 0 bridgehead atoms. The van der Waals surface area contributed by atoms with Crippen LogP contribution in [0.4, 0.5) is 0 Å². The number of rotatable bonds is 13. The maximum absolute atomic E-state index is 12.1. The normalized spacial score (nSPS) is 20.2. The van der Waals surface area contributed by atoms with E-state index in [1.807, 2.05) is 0 Å². The lowest BCUT2D eigenvalue weighted by molar-refractivity contribution is -0.155. The average molecular weight is 355 g/mol. The minimum Gasteiger partial charge on any atom is -0.465 e. The van der Waals surface area contributed by atoms with Gasteiger partial charge >= 0.3 is 11.9 Å². The molecule has 25 heavy (non-hydrogen) atoms. The summed E-state index contributed by atoms with van der Waals surface area (Å²) in [6, 6.07) is 0. The highest BCUT2D eigenvalue weighted by Crippen LogP contribution is 2.30. The molecule has 0 saturated heterocycles. The van der Waals surface area contributed by atoms with Gasteiger partial charge in [0.2, 0.25) is 0 Å². The Bertz CT molecular complexity index is 359. The SMILES string of the molecule is CCCCCCCCCOC(=O)C1CCC(C(=O)OCCCC)CC1. The van der Waals surface area contributed by atoms with Crippen molar-refractivity contribution in [3.8, 4) is 0 Å². The van der Waals surface area contributed by atoms with Gasteiger partial charge in [0, 0.05) is 0 Å². The van der Waals surface area contributed by atoms with Gasteiger partial charge in [-0.3, -0.25) is 9.59 Å². The highest BCUT2D eigenvalue weighted by Gasteiger charge is 2.31. The highest BCUT2D eigenvalue weighted by atomic mass is 16.5. The van der Waals surface area contributed by atoms with Crippen LogP contribution in [0.15, 0.2) is 0 Å². The second-order valence-electron chi connectivity index (χ2n) is 7.36. The lowest BCUT2D eigenvalue weighted by Crippen LogP contribution is -2.28. The quantitative estimate of drug-likeness (QED) is 0.327. The van der Waals surface area contributed by atoms with Crippen molar-refractivity contribution in [1.29, 1.82) is 0 Å².